The van der Waals surface area contributed by atoms with Crippen LogP contribution in [0.15, 0.2) is 18.2 Å². The number of hydrogen-bond donors (Lipinski definition) is 0. The lowest BCUT2D eigenvalue weighted by Gasteiger charge is -2.31. The summed E-state index contributed by atoms with van der Waals surface area (Å²) in [6.45, 7) is 2.52. The van der Waals surface area contributed by atoms with E-state index in [1.54, 1.807) is 6.07 Å². The topological polar surface area (TPSA) is 29.5 Å². The Labute approximate surface area is 123 Å². The van der Waals surface area contributed by atoms with E-state index >= 15 is 0 Å². The van der Waals surface area contributed by atoms with Crippen LogP contribution < -0.4 is 0 Å². The van der Waals surface area contributed by atoms with E-state index in [9.17, 15) is 4.79 Å². The molecule has 1 aromatic rings. The molecule has 1 aliphatic rings. The molecule has 1 aliphatic heterocycles. The lowest BCUT2D eigenvalue weighted by molar-refractivity contribution is -0.147. The van der Waals surface area contributed by atoms with Gasteiger partial charge >= 0.3 is 5.97 Å². The minimum atomic E-state index is -0.112. The standard InChI is InChI=1S/C14H17Cl2NO2/c1-19-14(18)11-3-2-6-17(9-11)8-10-4-5-12(15)13(16)7-10/h4-5,7,11H,2-3,6,8-9H2,1H3. The normalized spacial score (nSPS) is 20.3. The van der Waals surface area contributed by atoms with Crippen LogP contribution in [0.1, 0.15) is 18.4 Å². The van der Waals surface area contributed by atoms with Crippen molar-refractivity contribution >= 4 is 29.2 Å². The summed E-state index contributed by atoms with van der Waals surface area (Å²) in [5.74, 6) is -0.125. The fraction of sp³-hybridized carbons (Fsp3) is 0.500. The molecule has 0 aliphatic carbocycles. The number of carbonyl (C=O) groups is 1. The summed E-state index contributed by atoms with van der Waals surface area (Å²) in [6, 6.07) is 5.66. The van der Waals surface area contributed by atoms with E-state index in [1.165, 1.54) is 7.11 Å². The number of piperidine rings is 1. The molecule has 0 spiro atoms. The molecule has 0 N–H and O–H groups in total. The number of rotatable bonds is 3. The number of hydrogen-bond acceptors (Lipinski definition) is 3. The van der Waals surface area contributed by atoms with Gasteiger partial charge in [0.15, 0.2) is 0 Å². The Kier molecular flexibility index (Phi) is 5.08. The summed E-state index contributed by atoms with van der Waals surface area (Å²) in [4.78, 5) is 13.8. The zero-order valence-electron chi connectivity index (χ0n) is 10.9. The lowest BCUT2D eigenvalue weighted by atomic mass is 9.98. The molecule has 5 heteroatoms. The molecule has 1 heterocycles. The van der Waals surface area contributed by atoms with Gasteiger partial charge in [-0.25, -0.2) is 0 Å². The molecule has 0 saturated carbocycles. The highest BCUT2D eigenvalue weighted by molar-refractivity contribution is 6.42. The molecular formula is C14H17Cl2NO2. The molecule has 0 amide bonds. The van der Waals surface area contributed by atoms with Crippen molar-refractivity contribution < 1.29 is 9.53 Å². The molecule has 2 rings (SSSR count). The minimum Gasteiger partial charge on any atom is -0.469 e. The SMILES string of the molecule is COC(=O)C1CCCN(Cc2ccc(Cl)c(Cl)c2)C1. The largest absolute Gasteiger partial charge is 0.469 e. The first-order valence-electron chi connectivity index (χ1n) is 6.34. The van der Waals surface area contributed by atoms with Crippen molar-refractivity contribution in [2.24, 2.45) is 5.92 Å². The van der Waals surface area contributed by atoms with Gasteiger partial charge in [-0.05, 0) is 37.1 Å². The highest BCUT2D eigenvalue weighted by Gasteiger charge is 2.26. The van der Waals surface area contributed by atoms with Crippen molar-refractivity contribution in [2.75, 3.05) is 20.2 Å². The molecule has 1 saturated heterocycles. The highest BCUT2D eigenvalue weighted by atomic mass is 35.5. The average molecular weight is 302 g/mol. The Morgan fingerprint density at radius 2 is 2.21 bits per heavy atom. The summed E-state index contributed by atoms with van der Waals surface area (Å²) in [5.41, 5.74) is 1.11. The van der Waals surface area contributed by atoms with E-state index in [-0.39, 0.29) is 11.9 Å². The first kappa shape index (κ1) is 14.6. The Hall–Kier alpha value is -0.770. The second-order valence-corrected chi connectivity index (χ2v) is 5.66. The van der Waals surface area contributed by atoms with E-state index < -0.39 is 0 Å². The van der Waals surface area contributed by atoms with Gasteiger partial charge in [-0.1, -0.05) is 29.3 Å². The summed E-state index contributed by atoms with van der Waals surface area (Å²) < 4.78 is 4.82. The fourth-order valence-corrected chi connectivity index (χ4v) is 2.78. The molecule has 1 fully saturated rings. The summed E-state index contributed by atoms with van der Waals surface area (Å²) in [5, 5.41) is 1.14. The first-order chi connectivity index (χ1) is 9.10. The summed E-state index contributed by atoms with van der Waals surface area (Å²) >= 11 is 11.9. The van der Waals surface area contributed by atoms with Gasteiger partial charge in [-0.15, -0.1) is 0 Å². The molecule has 0 bridgehead atoms. The molecule has 0 aromatic heterocycles. The Morgan fingerprint density at radius 1 is 1.42 bits per heavy atom. The van der Waals surface area contributed by atoms with Crippen LogP contribution in [0.4, 0.5) is 0 Å². The van der Waals surface area contributed by atoms with Crippen molar-refractivity contribution in [1.29, 1.82) is 0 Å². The maximum absolute atomic E-state index is 11.6. The third kappa shape index (κ3) is 3.85. The van der Waals surface area contributed by atoms with Crippen molar-refractivity contribution in [3.63, 3.8) is 0 Å². The second kappa shape index (κ2) is 6.60. The van der Waals surface area contributed by atoms with Gasteiger partial charge in [0.05, 0.1) is 23.1 Å². The highest BCUT2D eigenvalue weighted by Crippen LogP contribution is 2.25. The van der Waals surface area contributed by atoms with Crippen LogP contribution in [0, 0.1) is 5.92 Å². The van der Waals surface area contributed by atoms with Gasteiger partial charge in [0.1, 0.15) is 0 Å². The number of nitrogens with zero attached hydrogens (tertiary/aromatic N) is 1. The Morgan fingerprint density at radius 3 is 2.89 bits per heavy atom. The van der Waals surface area contributed by atoms with Crippen molar-refractivity contribution in [3.05, 3.63) is 33.8 Å². The Balaban J connectivity index is 1.98. The van der Waals surface area contributed by atoms with Crippen LogP contribution in [0.3, 0.4) is 0 Å². The maximum Gasteiger partial charge on any atom is 0.309 e. The van der Waals surface area contributed by atoms with Gasteiger partial charge in [0.2, 0.25) is 0 Å². The number of carbonyl (C=O) groups excluding carboxylic acids is 1. The molecule has 19 heavy (non-hydrogen) atoms. The van der Waals surface area contributed by atoms with Crippen LogP contribution in [0.25, 0.3) is 0 Å². The predicted molar refractivity (Wildman–Crippen MR) is 76.5 cm³/mol. The molecule has 0 radical (unpaired) electrons. The number of esters is 1. The predicted octanol–water partition coefficient (Wildman–Crippen LogP) is 3.38. The third-order valence-electron chi connectivity index (χ3n) is 3.43. The monoisotopic (exact) mass is 301 g/mol. The van der Waals surface area contributed by atoms with E-state index in [0.717, 1.165) is 38.0 Å². The van der Waals surface area contributed by atoms with Crippen molar-refractivity contribution in [1.82, 2.24) is 4.90 Å². The van der Waals surface area contributed by atoms with Gasteiger partial charge in [-0.3, -0.25) is 9.69 Å². The summed E-state index contributed by atoms with van der Waals surface area (Å²) in [6.07, 6.45) is 1.92. The van der Waals surface area contributed by atoms with Crippen molar-refractivity contribution in [2.45, 2.75) is 19.4 Å². The van der Waals surface area contributed by atoms with Crippen LogP contribution in [0.2, 0.25) is 10.0 Å². The number of halogens is 2. The van der Waals surface area contributed by atoms with Crippen LogP contribution in [-0.2, 0) is 16.1 Å². The Bertz CT molecular complexity index is 465. The zero-order chi connectivity index (χ0) is 13.8. The number of ether oxygens (including phenoxy) is 1. The van der Waals surface area contributed by atoms with E-state index in [0.29, 0.717) is 10.0 Å². The number of benzene rings is 1. The quantitative estimate of drug-likeness (QED) is 0.802. The zero-order valence-corrected chi connectivity index (χ0v) is 12.4. The molecule has 3 nitrogen and oxygen atoms in total. The van der Waals surface area contributed by atoms with Gasteiger partial charge in [-0.2, -0.15) is 0 Å². The van der Waals surface area contributed by atoms with Crippen molar-refractivity contribution in [3.8, 4) is 0 Å². The molecule has 1 aromatic carbocycles. The third-order valence-corrected chi connectivity index (χ3v) is 4.17. The first-order valence-corrected chi connectivity index (χ1v) is 7.10. The fourth-order valence-electron chi connectivity index (χ4n) is 2.45. The van der Waals surface area contributed by atoms with Crippen LogP contribution in [-0.4, -0.2) is 31.1 Å². The second-order valence-electron chi connectivity index (χ2n) is 4.85. The summed E-state index contributed by atoms with van der Waals surface area (Å²) in [7, 11) is 1.44. The maximum atomic E-state index is 11.6. The smallest absolute Gasteiger partial charge is 0.309 e. The lowest BCUT2D eigenvalue weighted by Crippen LogP contribution is -2.38. The van der Waals surface area contributed by atoms with E-state index in [1.807, 2.05) is 12.1 Å². The number of likely N-dealkylation sites (tertiary alicyclic amines) is 1. The average Bonchev–Trinajstić information content (AvgIpc) is 2.42. The molecular weight excluding hydrogens is 285 g/mol. The molecule has 104 valence electrons. The number of methoxy groups -OCH3 is 1. The van der Waals surface area contributed by atoms with E-state index in [2.05, 4.69) is 4.90 Å². The van der Waals surface area contributed by atoms with Crippen LogP contribution in [0.5, 0.6) is 0 Å². The van der Waals surface area contributed by atoms with Gasteiger partial charge in [0, 0.05) is 13.1 Å². The van der Waals surface area contributed by atoms with Gasteiger partial charge in [0.25, 0.3) is 0 Å². The van der Waals surface area contributed by atoms with E-state index in [4.69, 9.17) is 27.9 Å². The molecule has 1 atom stereocenters. The molecule has 1 unspecified atom stereocenters. The van der Waals surface area contributed by atoms with Crippen LogP contribution >= 0.6 is 23.2 Å². The minimum absolute atomic E-state index is 0.0125. The van der Waals surface area contributed by atoms with Gasteiger partial charge < -0.3 is 4.74 Å².